The quantitative estimate of drug-likeness (QED) is 0.593. The van der Waals surface area contributed by atoms with Crippen LogP contribution in [-0.4, -0.2) is 23.9 Å². The molecular weight excluding hydrogens is 395 g/mol. The zero-order chi connectivity index (χ0) is 21.3. The lowest BCUT2D eigenvalue weighted by atomic mass is 10.1. The molecule has 0 radical (unpaired) electrons. The Morgan fingerprint density at radius 3 is 2.07 bits per heavy atom. The summed E-state index contributed by atoms with van der Waals surface area (Å²) in [5, 5.41) is 2.29. The highest BCUT2D eigenvalue weighted by Crippen LogP contribution is 2.43. The maximum atomic E-state index is 13.6. The van der Waals surface area contributed by atoms with Crippen molar-refractivity contribution < 1.29 is 40.5 Å². The number of H-pyrrole nitrogens is 1. The lowest BCUT2D eigenvalue weighted by Crippen LogP contribution is -2.72. The van der Waals surface area contributed by atoms with Gasteiger partial charge in [-0.05, 0) is 43.7 Å². The highest BCUT2D eigenvalue weighted by molar-refractivity contribution is 5.95. The van der Waals surface area contributed by atoms with Crippen LogP contribution in [-0.2, 0) is 0 Å². The SMILES string of the molecule is Cc1cc(C)[nH+]c(NC(NC(=O)c2cccc(F)c2)(C(F)(F)F)C(F)(F)F)c1. The zero-order valence-corrected chi connectivity index (χ0v) is 14.5. The molecule has 0 saturated heterocycles. The second kappa shape index (κ2) is 7.28. The number of anilines is 1. The zero-order valence-electron chi connectivity index (χ0n) is 14.5. The van der Waals surface area contributed by atoms with E-state index in [-0.39, 0.29) is 5.69 Å². The highest BCUT2D eigenvalue weighted by Gasteiger charge is 2.76. The van der Waals surface area contributed by atoms with Crippen LogP contribution in [0.3, 0.4) is 0 Å². The summed E-state index contributed by atoms with van der Waals surface area (Å²) in [6.07, 6.45) is -12.0. The number of aromatic amines is 1. The van der Waals surface area contributed by atoms with Gasteiger partial charge in [0.15, 0.2) is 0 Å². The molecule has 0 fully saturated rings. The second-order valence-corrected chi connectivity index (χ2v) is 6.09. The number of alkyl halides is 6. The molecule has 0 unspecified atom stereocenters. The predicted octanol–water partition coefficient (Wildman–Crippen LogP) is 3.92. The molecule has 28 heavy (non-hydrogen) atoms. The van der Waals surface area contributed by atoms with Gasteiger partial charge in [-0.2, -0.15) is 26.3 Å². The molecule has 1 heterocycles. The molecule has 1 aromatic carbocycles. The second-order valence-electron chi connectivity index (χ2n) is 6.09. The molecule has 1 amide bonds. The van der Waals surface area contributed by atoms with Crippen molar-refractivity contribution in [2.24, 2.45) is 0 Å². The van der Waals surface area contributed by atoms with Crippen molar-refractivity contribution in [3.05, 3.63) is 59.0 Å². The Morgan fingerprint density at radius 2 is 1.57 bits per heavy atom. The Bertz CT molecular complexity index is 844. The third-order valence-corrected chi connectivity index (χ3v) is 3.71. The van der Waals surface area contributed by atoms with E-state index >= 15 is 0 Å². The summed E-state index contributed by atoms with van der Waals surface area (Å²) in [4.78, 5) is 14.4. The highest BCUT2D eigenvalue weighted by atomic mass is 19.4. The largest absolute Gasteiger partial charge is 0.462 e. The number of aryl methyl sites for hydroxylation is 2. The van der Waals surface area contributed by atoms with Gasteiger partial charge in [0.1, 0.15) is 5.82 Å². The van der Waals surface area contributed by atoms with E-state index in [4.69, 9.17) is 0 Å². The van der Waals surface area contributed by atoms with Gasteiger partial charge in [0.25, 0.3) is 11.7 Å². The number of hydrogen-bond donors (Lipinski definition) is 2. The number of carbonyl (C=O) groups is 1. The average molecular weight is 410 g/mol. The minimum Gasteiger partial charge on any atom is -0.296 e. The van der Waals surface area contributed by atoms with Crippen LogP contribution in [0.5, 0.6) is 0 Å². The number of pyridine rings is 1. The van der Waals surface area contributed by atoms with Crippen LogP contribution in [0.1, 0.15) is 21.6 Å². The summed E-state index contributed by atoms with van der Waals surface area (Å²) in [6.45, 7) is 2.91. The van der Waals surface area contributed by atoms with E-state index in [1.807, 2.05) is 0 Å². The van der Waals surface area contributed by atoms with Crippen LogP contribution in [0.15, 0.2) is 36.4 Å². The number of benzene rings is 1. The van der Waals surface area contributed by atoms with Gasteiger partial charge in [0, 0.05) is 11.6 Å². The molecule has 0 aliphatic carbocycles. The first-order valence-corrected chi connectivity index (χ1v) is 7.75. The van der Waals surface area contributed by atoms with Crippen molar-refractivity contribution in [1.82, 2.24) is 5.32 Å². The van der Waals surface area contributed by atoms with Crippen molar-refractivity contribution in [1.29, 1.82) is 0 Å². The molecule has 11 heteroatoms. The van der Waals surface area contributed by atoms with Crippen molar-refractivity contribution in [3.63, 3.8) is 0 Å². The fraction of sp³-hybridized carbons (Fsp3) is 0.294. The summed E-state index contributed by atoms with van der Waals surface area (Å²) in [5.41, 5.74) is -4.85. The number of hydrogen-bond acceptors (Lipinski definition) is 2. The fourth-order valence-corrected chi connectivity index (χ4v) is 2.51. The predicted molar refractivity (Wildman–Crippen MR) is 84.8 cm³/mol. The lowest BCUT2D eigenvalue weighted by Gasteiger charge is -2.34. The molecule has 1 aromatic heterocycles. The van der Waals surface area contributed by atoms with Crippen molar-refractivity contribution >= 4 is 11.7 Å². The van der Waals surface area contributed by atoms with E-state index in [1.165, 1.54) is 25.2 Å². The number of rotatable bonds is 4. The Hall–Kier alpha value is -2.85. The number of halogens is 7. The van der Waals surface area contributed by atoms with Crippen LogP contribution in [0.2, 0.25) is 0 Å². The maximum Gasteiger partial charge on any atom is 0.462 e. The first-order valence-electron chi connectivity index (χ1n) is 7.75. The van der Waals surface area contributed by atoms with Crippen LogP contribution in [0.25, 0.3) is 0 Å². The molecule has 3 N–H and O–H groups in total. The monoisotopic (exact) mass is 410 g/mol. The molecule has 2 aromatic rings. The third-order valence-electron chi connectivity index (χ3n) is 3.71. The normalized spacial score (nSPS) is 12.6. The van der Waals surface area contributed by atoms with Crippen molar-refractivity contribution in [2.75, 3.05) is 5.32 Å². The third kappa shape index (κ3) is 4.34. The van der Waals surface area contributed by atoms with Gasteiger partial charge in [-0.1, -0.05) is 6.07 Å². The standard InChI is InChI=1S/C17H14F7N3O/c1-9-6-10(2)25-13(7-9)26-15(16(19,20)21,17(22,23)24)27-14(28)11-4-3-5-12(18)8-11/h3-8H,1-2H3,(H,25,26)(H,27,28)/p+1. The van der Waals surface area contributed by atoms with E-state index in [1.54, 1.807) is 0 Å². The minimum atomic E-state index is -5.99. The van der Waals surface area contributed by atoms with E-state index in [9.17, 15) is 35.5 Å². The molecule has 0 aliphatic rings. The smallest absolute Gasteiger partial charge is 0.296 e. The molecular formula is C17H15F7N3O+. The molecule has 0 atom stereocenters. The molecule has 2 rings (SSSR count). The van der Waals surface area contributed by atoms with Gasteiger partial charge in [-0.25, -0.2) is 14.7 Å². The number of aromatic nitrogens is 1. The van der Waals surface area contributed by atoms with E-state index < -0.39 is 41.1 Å². The summed E-state index contributed by atoms with van der Waals surface area (Å²) in [5.74, 6) is -3.37. The first kappa shape index (κ1) is 21.5. The topological polar surface area (TPSA) is 55.3 Å². The van der Waals surface area contributed by atoms with Gasteiger partial charge in [-0.3, -0.25) is 10.1 Å². The van der Waals surface area contributed by atoms with Gasteiger partial charge < -0.3 is 0 Å². The van der Waals surface area contributed by atoms with Gasteiger partial charge in [0.05, 0.1) is 5.69 Å². The number of carbonyl (C=O) groups excluding carboxylic acids is 1. The van der Waals surface area contributed by atoms with Crippen molar-refractivity contribution in [3.8, 4) is 0 Å². The number of amides is 1. The Labute approximate surface area is 154 Å². The van der Waals surface area contributed by atoms with Gasteiger partial charge in [-0.15, -0.1) is 0 Å². The summed E-state index contributed by atoms with van der Waals surface area (Å²) in [7, 11) is 0. The molecule has 152 valence electrons. The Kier molecular flexibility index (Phi) is 5.58. The van der Waals surface area contributed by atoms with Crippen LogP contribution in [0.4, 0.5) is 36.6 Å². The maximum absolute atomic E-state index is 13.6. The molecule has 0 aliphatic heterocycles. The first-order chi connectivity index (χ1) is 12.7. The van der Waals surface area contributed by atoms with Gasteiger partial charge >= 0.3 is 18.0 Å². The molecule has 0 saturated carbocycles. The molecule has 4 nitrogen and oxygen atoms in total. The summed E-state index contributed by atoms with van der Waals surface area (Å²) in [6, 6.07) is 5.81. The van der Waals surface area contributed by atoms with E-state index in [2.05, 4.69) is 4.98 Å². The number of nitrogens with one attached hydrogen (secondary N) is 3. The summed E-state index contributed by atoms with van der Waals surface area (Å²) >= 11 is 0. The van der Waals surface area contributed by atoms with Crippen LogP contribution >= 0.6 is 0 Å². The molecule has 0 bridgehead atoms. The van der Waals surface area contributed by atoms with Gasteiger partial charge in [0.2, 0.25) is 0 Å². The molecule has 0 spiro atoms. The van der Waals surface area contributed by atoms with Crippen molar-refractivity contribution in [2.45, 2.75) is 31.9 Å². The average Bonchev–Trinajstić information content (AvgIpc) is 2.51. The van der Waals surface area contributed by atoms with Crippen LogP contribution < -0.4 is 15.6 Å². The summed E-state index contributed by atoms with van der Waals surface area (Å²) < 4.78 is 95.0. The van der Waals surface area contributed by atoms with E-state index in [0.717, 1.165) is 29.6 Å². The minimum absolute atomic E-state index is 0.289. The fourth-order valence-electron chi connectivity index (χ4n) is 2.51. The van der Waals surface area contributed by atoms with Crippen LogP contribution in [0, 0.1) is 19.7 Å². The Morgan fingerprint density at radius 1 is 0.964 bits per heavy atom. The lowest BCUT2D eigenvalue weighted by molar-refractivity contribution is -0.376. The van der Waals surface area contributed by atoms with E-state index in [0.29, 0.717) is 11.6 Å². The Balaban J connectivity index is 2.56.